The zero-order valence-electron chi connectivity index (χ0n) is 14.8. The lowest BCUT2D eigenvalue weighted by molar-refractivity contribution is 0.0959. The van der Waals surface area contributed by atoms with Gasteiger partial charge in [-0.05, 0) is 52.2 Å². The van der Waals surface area contributed by atoms with Gasteiger partial charge in [-0.2, -0.15) is 0 Å². The molecule has 0 saturated carbocycles. The van der Waals surface area contributed by atoms with Crippen LogP contribution in [0.1, 0.15) is 36.7 Å². The first-order valence-electron chi connectivity index (χ1n) is 8.34. The summed E-state index contributed by atoms with van der Waals surface area (Å²) >= 11 is 0. The maximum absolute atomic E-state index is 12.2. The standard InChI is InChI=1S/C17H26N4O3/c1-5-24-17(23)21-8-6-14(7-9-21)19-16(22)20-15-11(2)10-12(3)18-13(15)4/h10,14H,5-9H2,1-4H3,(H2,19,20,22). The zero-order valence-corrected chi connectivity index (χ0v) is 14.8. The molecular formula is C17H26N4O3. The lowest BCUT2D eigenvalue weighted by Gasteiger charge is -2.31. The Balaban J connectivity index is 1.85. The molecule has 0 unspecified atom stereocenters. The molecule has 0 radical (unpaired) electrons. The van der Waals surface area contributed by atoms with E-state index in [9.17, 15) is 9.59 Å². The van der Waals surface area contributed by atoms with Crippen LogP contribution in [0.25, 0.3) is 0 Å². The number of rotatable bonds is 3. The second-order valence-electron chi connectivity index (χ2n) is 6.10. The Kier molecular flexibility index (Phi) is 6.00. The number of ether oxygens (including phenoxy) is 1. The van der Waals surface area contributed by atoms with Crippen molar-refractivity contribution >= 4 is 17.8 Å². The van der Waals surface area contributed by atoms with E-state index in [1.165, 1.54) is 0 Å². The number of aromatic nitrogens is 1. The molecule has 0 aliphatic carbocycles. The molecule has 2 rings (SSSR count). The molecular weight excluding hydrogens is 308 g/mol. The van der Waals surface area contributed by atoms with Crippen molar-refractivity contribution in [1.29, 1.82) is 0 Å². The van der Waals surface area contributed by atoms with Crippen molar-refractivity contribution < 1.29 is 14.3 Å². The number of likely N-dealkylation sites (tertiary alicyclic amines) is 1. The van der Waals surface area contributed by atoms with Crippen molar-refractivity contribution in [1.82, 2.24) is 15.2 Å². The number of nitrogens with one attached hydrogen (secondary N) is 2. The molecule has 132 valence electrons. The molecule has 3 amide bonds. The smallest absolute Gasteiger partial charge is 0.409 e. The van der Waals surface area contributed by atoms with Crippen molar-refractivity contribution in [3.05, 3.63) is 23.0 Å². The summed E-state index contributed by atoms with van der Waals surface area (Å²) in [6.45, 7) is 9.12. The van der Waals surface area contributed by atoms with Crippen LogP contribution in [-0.4, -0.2) is 47.7 Å². The first-order valence-corrected chi connectivity index (χ1v) is 8.34. The van der Waals surface area contributed by atoms with Crippen LogP contribution in [0, 0.1) is 20.8 Å². The van der Waals surface area contributed by atoms with Gasteiger partial charge in [0.1, 0.15) is 0 Å². The molecule has 1 aliphatic rings. The van der Waals surface area contributed by atoms with E-state index >= 15 is 0 Å². The minimum atomic E-state index is -0.280. The molecule has 1 fully saturated rings. The Morgan fingerprint density at radius 1 is 1.29 bits per heavy atom. The van der Waals surface area contributed by atoms with Crippen LogP contribution < -0.4 is 10.6 Å². The number of urea groups is 1. The molecule has 1 aliphatic heterocycles. The molecule has 1 aromatic rings. The van der Waals surface area contributed by atoms with Crippen molar-refractivity contribution in [2.24, 2.45) is 0 Å². The first kappa shape index (κ1) is 18.0. The SMILES string of the molecule is CCOC(=O)N1CCC(NC(=O)Nc2c(C)cc(C)nc2C)CC1. The summed E-state index contributed by atoms with van der Waals surface area (Å²) in [5.41, 5.74) is 3.48. The third-order valence-electron chi connectivity index (χ3n) is 4.12. The summed E-state index contributed by atoms with van der Waals surface area (Å²) < 4.78 is 4.99. The fraction of sp³-hybridized carbons (Fsp3) is 0.588. The van der Waals surface area contributed by atoms with E-state index in [1.54, 1.807) is 11.8 Å². The predicted molar refractivity (Wildman–Crippen MR) is 92.2 cm³/mol. The van der Waals surface area contributed by atoms with Crippen LogP contribution >= 0.6 is 0 Å². The molecule has 7 heteroatoms. The first-order chi connectivity index (χ1) is 11.4. The van der Waals surface area contributed by atoms with Gasteiger partial charge in [0.2, 0.25) is 0 Å². The van der Waals surface area contributed by atoms with Gasteiger partial charge in [-0.1, -0.05) is 0 Å². The second kappa shape index (κ2) is 7.99. The highest BCUT2D eigenvalue weighted by atomic mass is 16.6. The largest absolute Gasteiger partial charge is 0.450 e. The highest BCUT2D eigenvalue weighted by molar-refractivity contribution is 5.90. The second-order valence-corrected chi connectivity index (χ2v) is 6.10. The lowest BCUT2D eigenvalue weighted by atomic mass is 10.1. The summed E-state index contributed by atoms with van der Waals surface area (Å²) in [7, 11) is 0. The van der Waals surface area contributed by atoms with E-state index in [0.29, 0.717) is 19.7 Å². The summed E-state index contributed by atoms with van der Waals surface area (Å²) in [6.07, 6.45) is 1.16. The molecule has 1 saturated heterocycles. The Bertz CT molecular complexity index is 587. The van der Waals surface area contributed by atoms with Gasteiger partial charge >= 0.3 is 12.1 Å². The van der Waals surface area contributed by atoms with Crippen LogP contribution in [0.15, 0.2) is 6.07 Å². The van der Waals surface area contributed by atoms with E-state index < -0.39 is 0 Å². The van der Waals surface area contributed by atoms with Crippen LogP contribution in [0.2, 0.25) is 0 Å². The lowest BCUT2D eigenvalue weighted by Crippen LogP contribution is -2.47. The molecule has 0 atom stereocenters. The van der Waals surface area contributed by atoms with E-state index in [-0.39, 0.29) is 18.2 Å². The predicted octanol–water partition coefficient (Wildman–Crippen LogP) is 2.75. The van der Waals surface area contributed by atoms with Gasteiger partial charge in [-0.3, -0.25) is 4.98 Å². The van der Waals surface area contributed by atoms with Gasteiger partial charge < -0.3 is 20.3 Å². The number of amides is 3. The normalized spacial score (nSPS) is 15.1. The van der Waals surface area contributed by atoms with Gasteiger partial charge in [0.05, 0.1) is 18.0 Å². The fourth-order valence-corrected chi connectivity index (χ4v) is 2.97. The summed E-state index contributed by atoms with van der Waals surface area (Å²) in [6, 6.07) is 1.76. The molecule has 2 heterocycles. The molecule has 0 bridgehead atoms. The minimum Gasteiger partial charge on any atom is -0.450 e. The molecule has 1 aromatic heterocycles. The van der Waals surface area contributed by atoms with E-state index in [4.69, 9.17) is 4.74 Å². The van der Waals surface area contributed by atoms with Crippen molar-refractivity contribution in [2.45, 2.75) is 46.6 Å². The highest BCUT2D eigenvalue weighted by Gasteiger charge is 2.24. The number of hydrogen-bond acceptors (Lipinski definition) is 4. The number of anilines is 1. The number of hydrogen-bond donors (Lipinski definition) is 2. The van der Waals surface area contributed by atoms with E-state index in [1.807, 2.05) is 26.8 Å². The summed E-state index contributed by atoms with van der Waals surface area (Å²) in [5.74, 6) is 0. The molecule has 24 heavy (non-hydrogen) atoms. The van der Waals surface area contributed by atoms with E-state index in [0.717, 1.165) is 35.5 Å². The number of piperidine rings is 1. The van der Waals surface area contributed by atoms with Crippen LogP contribution in [0.3, 0.4) is 0 Å². The minimum absolute atomic E-state index is 0.0506. The third kappa shape index (κ3) is 4.59. The number of pyridine rings is 1. The number of carbonyl (C=O) groups excluding carboxylic acids is 2. The molecule has 7 nitrogen and oxygen atoms in total. The number of nitrogens with zero attached hydrogens (tertiary/aromatic N) is 2. The van der Waals surface area contributed by atoms with Crippen molar-refractivity contribution in [2.75, 3.05) is 25.0 Å². The van der Waals surface area contributed by atoms with Crippen molar-refractivity contribution in [3.63, 3.8) is 0 Å². The van der Waals surface area contributed by atoms with Gasteiger partial charge in [-0.15, -0.1) is 0 Å². The van der Waals surface area contributed by atoms with Gasteiger partial charge in [0, 0.05) is 24.8 Å². The average Bonchev–Trinajstić information content (AvgIpc) is 2.52. The van der Waals surface area contributed by atoms with Gasteiger partial charge in [-0.25, -0.2) is 9.59 Å². The third-order valence-corrected chi connectivity index (χ3v) is 4.12. The maximum atomic E-state index is 12.2. The fourth-order valence-electron chi connectivity index (χ4n) is 2.97. The Labute approximate surface area is 142 Å². The highest BCUT2D eigenvalue weighted by Crippen LogP contribution is 2.19. The van der Waals surface area contributed by atoms with Gasteiger partial charge in [0.15, 0.2) is 0 Å². The summed E-state index contributed by atoms with van der Waals surface area (Å²) in [5, 5.41) is 5.86. The monoisotopic (exact) mass is 334 g/mol. The Hall–Kier alpha value is -2.31. The maximum Gasteiger partial charge on any atom is 0.409 e. The van der Waals surface area contributed by atoms with Crippen molar-refractivity contribution in [3.8, 4) is 0 Å². The van der Waals surface area contributed by atoms with E-state index in [2.05, 4.69) is 15.6 Å². The Morgan fingerprint density at radius 2 is 1.96 bits per heavy atom. The Morgan fingerprint density at radius 3 is 2.54 bits per heavy atom. The molecule has 0 spiro atoms. The zero-order chi connectivity index (χ0) is 17.7. The van der Waals surface area contributed by atoms with Crippen LogP contribution in [0.4, 0.5) is 15.3 Å². The average molecular weight is 334 g/mol. The number of aryl methyl sites for hydroxylation is 3. The topological polar surface area (TPSA) is 83.6 Å². The molecule has 0 aromatic carbocycles. The van der Waals surface area contributed by atoms with Gasteiger partial charge in [0.25, 0.3) is 0 Å². The quantitative estimate of drug-likeness (QED) is 0.890. The van der Waals surface area contributed by atoms with Crippen LogP contribution in [0.5, 0.6) is 0 Å². The molecule has 2 N–H and O–H groups in total. The van der Waals surface area contributed by atoms with Crippen LogP contribution in [-0.2, 0) is 4.74 Å². The summed E-state index contributed by atoms with van der Waals surface area (Å²) in [4.78, 5) is 30.0. The number of carbonyl (C=O) groups is 2.